The molecule has 6 aromatic heterocycles. The second-order valence-electron chi connectivity index (χ2n) is 9.70. The average molecular weight is 541 g/mol. The summed E-state index contributed by atoms with van der Waals surface area (Å²) in [6.45, 7) is 0. The van der Waals surface area contributed by atoms with Crippen molar-refractivity contribution < 1.29 is 0 Å². The molecule has 0 N–H and O–H groups in total. The highest BCUT2D eigenvalue weighted by Gasteiger charge is 2.41. The molecular weight excluding hydrogens is 516 g/mol. The van der Waals surface area contributed by atoms with Crippen LogP contribution in [-0.4, -0.2) is 29.9 Å². The number of nitrogens with zero attached hydrogens (tertiary/aromatic N) is 6. The largest absolute Gasteiger partial charge is 0.264 e. The van der Waals surface area contributed by atoms with Crippen molar-refractivity contribution >= 4 is 16.7 Å². The first-order chi connectivity index (χ1) is 20.9. The molecule has 42 heavy (non-hydrogen) atoms. The minimum atomic E-state index is 1.00. The molecule has 1 fully saturated rings. The molecule has 7 rings (SSSR count). The molecular formula is C36H24N6. The molecule has 6 heteroatoms. The number of allylic oxidation sites excluding steroid dienone is 3. The molecule has 6 heterocycles. The summed E-state index contributed by atoms with van der Waals surface area (Å²) in [6, 6.07) is 24.4. The molecule has 0 unspecified atom stereocenters. The van der Waals surface area contributed by atoms with E-state index in [2.05, 4.69) is 66.3 Å². The van der Waals surface area contributed by atoms with Crippen molar-refractivity contribution in [2.24, 2.45) is 0 Å². The lowest BCUT2D eigenvalue weighted by atomic mass is 9.96. The smallest absolute Gasteiger partial charge is 0.0346 e. The van der Waals surface area contributed by atoms with Gasteiger partial charge in [0.2, 0.25) is 0 Å². The zero-order chi connectivity index (χ0) is 28.1. The van der Waals surface area contributed by atoms with Crippen LogP contribution in [0.15, 0.2) is 164 Å². The van der Waals surface area contributed by atoms with Gasteiger partial charge in [-0.1, -0.05) is 36.4 Å². The summed E-state index contributed by atoms with van der Waals surface area (Å²) in [5.74, 6) is 0. The lowest BCUT2D eigenvalue weighted by Gasteiger charge is -2.08. The molecule has 1 saturated carbocycles. The molecule has 6 nitrogen and oxygen atoms in total. The van der Waals surface area contributed by atoms with E-state index in [0.29, 0.717) is 0 Å². The van der Waals surface area contributed by atoms with Gasteiger partial charge in [-0.2, -0.15) is 0 Å². The van der Waals surface area contributed by atoms with Gasteiger partial charge in [-0.25, -0.2) is 0 Å². The summed E-state index contributed by atoms with van der Waals surface area (Å²) >= 11 is 0. The standard InChI is InChI=1S/C36H24N6/c1-7-25(19-37-13-1)31(26-8-2-14-38-20-26)34-35(32(27-9-3-15-39-21-27)28-10-4-16-40-22-28)36(34)33(29-11-5-17-41-23-29)30-12-6-18-42-24-30/h1-24H. The van der Waals surface area contributed by atoms with Crippen molar-refractivity contribution in [3.63, 3.8) is 0 Å². The second kappa shape index (κ2) is 11.3. The average Bonchev–Trinajstić information content (AvgIpc) is 3.77. The minimum Gasteiger partial charge on any atom is -0.264 e. The summed E-state index contributed by atoms with van der Waals surface area (Å²) in [7, 11) is 0. The van der Waals surface area contributed by atoms with E-state index < -0.39 is 0 Å². The van der Waals surface area contributed by atoms with Crippen LogP contribution in [0.4, 0.5) is 0 Å². The Morgan fingerprint density at radius 2 is 0.476 bits per heavy atom. The molecule has 0 aromatic carbocycles. The first-order valence-electron chi connectivity index (χ1n) is 13.6. The van der Waals surface area contributed by atoms with Crippen LogP contribution in [0.3, 0.4) is 0 Å². The Kier molecular flexibility index (Phi) is 6.76. The number of pyridine rings is 6. The fraction of sp³-hybridized carbons (Fsp3) is 0. The zero-order valence-corrected chi connectivity index (χ0v) is 22.5. The Morgan fingerprint density at radius 3 is 0.619 bits per heavy atom. The van der Waals surface area contributed by atoms with Gasteiger partial charge in [-0.15, -0.1) is 0 Å². The third kappa shape index (κ3) is 4.82. The molecule has 0 atom stereocenters. The molecule has 0 spiro atoms. The molecule has 198 valence electrons. The van der Waals surface area contributed by atoms with E-state index in [9.17, 15) is 0 Å². The van der Waals surface area contributed by atoms with Crippen molar-refractivity contribution in [2.45, 2.75) is 0 Å². The van der Waals surface area contributed by atoms with E-state index in [1.165, 1.54) is 0 Å². The third-order valence-electron chi connectivity index (χ3n) is 7.14. The van der Waals surface area contributed by atoms with Gasteiger partial charge in [0, 0.05) is 141 Å². The summed E-state index contributed by atoms with van der Waals surface area (Å²) in [5, 5.41) is 0. The number of rotatable bonds is 6. The van der Waals surface area contributed by atoms with Crippen LogP contribution < -0.4 is 0 Å². The third-order valence-corrected chi connectivity index (χ3v) is 7.14. The predicted octanol–water partition coefficient (Wildman–Crippen LogP) is 6.88. The van der Waals surface area contributed by atoms with Crippen LogP contribution >= 0.6 is 0 Å². The van der Waals surface area contributed by atoms with Gasteiger partial charge in [0.1, 0.15) is 0 Å². The lowest BCUT2D eigenvalue weighted by molar-refractivity contribution is 1.28. The summed E-state index contributed by atoms with van der Waals surface area (Å²) < 4.78 is 0. The highest BCUT2D eigenvalue weighted by Crippen LogP contribution is 2.59. The van der Waals surface area contributed by atoms with Crippen molar-refractivity contribution in [2.75, 3.05) is 0 Å². The maximum atomic E-state index is 4.49. The van der Waals surface area contributed by atoms with Gasteiger partial charge in [0.25, 0.3) is 0 Å². The molecule has 6 aromatic rings. The highest BCUT2D eigenvalue weighted by atomic mass is 14.7. The number of aromatic nitrogens is 6. The van der Waals surface area contributed by atoms with Crippen LogP contribution in [0.2, 0.25) is 0 Å². The monoisotopic (exact) mass is 540 g/mol. The van der Waals surface area contributed by atoms with Gasteiger partial charge in [-0.05, 0) is 36.4 Å². The maximum Gasteiger partial charge on any atom is 0.0346 e. The fourth-order valence-corrected chi connectivity index (χ4v) is 5.37. The maximum absolute atomic E-state index is 4.49. The minimum absolute atomic E-state index is 1.00. The van der Waals surface area contributed by atoms with Gasteiger partial charge in [-0.3, -0.25) is 29.9 Å². The molecule has 0 amide bonds. The summed E-state index contributed by atoms with van der Waals surface area (Å²) in [6.07, 6.45) is 22.2. The zero-order valence-electron chi connectivity index (χ0n) is 22.5. The first-order valence-corrected chi connectivity index (χ1v) is 13.6. The Morgan fingerprint density at radius 1 is 0.286 bits per heavy atom. The topological polar surface area (TPSA) is 77.3 Å². The molecule has 0 radical (unpaired) electrons. The normalized spacial score (nSPS) is 12.1. The van der Waals surface area contributed by atoms with E-state index in [4.69, 9.17) is 0 Å². The van der Waals surface area contributed by atoms with Gasteiger partial charge >= 0.3 is 0 Å². The molecule has 0 aliphatic heterocycles. The van der Waals surface area contributed by atoms with Crippen molar-refractivity contribution in [3.8, 4) is 0 Å². The van der Waals surface area contributed by atoms with E-state index >= 15 is 0 Å². The highest BCUT2D eigenvalue weighted by molar-refractivity contribution is 6.12. The molecule has 1 aliphatic rings. The van der Waals surface area contributed by atoms with Crippen molar-refractivity contribution in [3.05, 3.63) is 197 Å². The van der Waals surface area contributed by atoms with E-state index in [0.717, 1.165) is 66.8 Å². The quantitative estimate of drug-likeness (QED) is 0.229. The fourth-order valence-electron chi connectivity index (χ4n) is 5.37. The predicted molar refractivity (Wildman–Crippen MR) is 163 cm³/mol. The van der Waals surface area contributed by atoms with Crippen LogP contribution in [0.25, 0.3) is 16.7 Å². The van der Waals surface area contributed by atoms with Crippen LogP contribution in [-0.2, 0) is 0 Å². The molecule has 0 saturated heterocycles. The van der Waals surface area contributed by atoms with Crippen LogP contribution in [0, 0.1) is 0 Å². The Hall–Kier alpha value is -5.88. The van der Waals surface area contributed by atoms with Gasteiger partial charge < -0.3 is 0 Å². The van der Waals surface area contributed by atoms with E-state index in [-0.39, 0.29) is 0 Å². The number of hydrogen-bond acceptors (Lipinski definition) is 6. The van der Waals surface area contributed by atoms with Gasteiger partial charge in [0.15, 0.2) is 0 Å². The Labute approximate surface area is 243 Å². The molecule has 1 aliphatic carbocycles. The van der Waals surface area contributed by atoms with Gasteiger partial charge in [0.05, 0.1) is 0 Å². The number of hydrogen-bond donors (Lipinski definition) is 0. The van der Waals surface area contributed by atoms with E-state index in [1.54, 1.807) is 37.2 Å². The van der Waals surface area contributed by atoms with Crippen molar-refractivity contribution in [1.82, 2.24) is 29.9 Å². The SMILES string of the molecule is c1cncc(C(=C2C(=C(c3cccnc3)c3cccnc3)C2=C(c2cccnc2)c2cccnc2)c2cccnc2)c1. The summed E-state index contributed by atoms with van der Waals surface area (Å²) in [4.78, 5) is 26.9. The Balaban J connectivity index is 1.68. The molecule has 0 bridgehead atoms. The van der Waals surface area contributed by atoms with Crippen LogP contribution in [0.1, 0.15) is 33.4 Å². The first kappa shape index (κ1) is 25.1. The van der Waals surface area contributed by atoms with Crippen molar-refractivity contribution in [1.29, 1.82) is 0 Å². The Bertz CT molecular complexity index is 1550. The summed E-state index contributed by atoms with van der Waals surface area (Å²) in [5.41, 5.74) is 12.5. The van der Waals surface area contributed by atoms with E-state index in [1.807, 2.05) is 73.6 Å². The van der Waals surface area contributed by atoms with Crippen LogP contribution in [0.5, 0.6) is 0 Å². The second-order valence-corrected chi connectivity index (χ2v) is 9.70. The lowest BCUT2D eigenvalue weighted by Crippen LogP contribution is -1.92.